The quantitative estimate of drug-likeness (QED) is 0.185. The predicted molar refractivity (Wildman–Crippen MR) is 107 cm³/mol. The van der Waals surface area contributed by atoms with Crippen molar-refractivity contribution >= 4 is 43.5 Å². The van der Waals surface area contributed by atoms with Crippen LogP contribution < -0.4 is 0 Å². The number of Topliss-reactive ketones (excluding diaryl/α,β-unsaturated/α-hetero) is 1. The number of rotatable bonds is 18. The van der Waals surface area contributed by atoms with Crippen molar-refractivity contribution in [3.05, 3.63) is 0 Å². The van der Waals surface area contributed by atoms with E-state index in [4.69, 9.17) is 0 Å². The molecule has 0 heterocycles. The van der Waals surface area contributed by atoms with Gasteiger partial charge in [0.1, 0.15) is 5.78 Å². The van der Waals surface area contributed by atoms with Gasteiger partial charge in [0.2, 0.25) is 0 Å². The first-order chi connectivity index (χ1) is 10.8. The third-order valence-corrected chi connectivity index (χ3v) is 4.63. The average Bonchev–Trinajstić information content (AvgIpc) is 2.50. The van der Waals surface area contributed by atoms with Gasteiger partial charge in [0.05, 0.1) is 0 Å². The smallest absolute Gasteiger partial charge is 1.00 e. The molecule has 0 saturated carbocycles. The average molecular weight is 353 g/mol. The molecule has 0 bridgehead atoms. The maximum atomic E-state index is 10.8. The van der Waals surface area contributed by atoms with Crippen LogP contribution in [0.1, 0.15) is 132 Å². The van der Waals surface area contributed by atoms with Crippen molar-refractivity contribution in [3.8, 4) is 0 Å². The van der Waals surface area contributed by atoms with E-state index in [2.05, 4.69) is 6.92 Å². The van der Waals surface area contributed by atoms with Crippen molar-refractivity contribution in [1.29, 1.82) is 0 Å². The fourth-order valence-electron chi connectivity index (χ4n) is 3.10. The third kappa shape index (κ3) is 25.3. The summed E-state index contributed by atoms with van der Waals surface area (Å²) < 4.78 is 0. The Hall–Kier alpha value is 0.930. The summed E-state index contributed by atoms with van der Waals surface area (Å²) >= 11 is 0. The van der Waals surface area contributed by atoms with E-state index in [9.17, 15) is 4.79 Å². The molecule has 23 heavy (non-hydrogen) atoms. The molecule has 0 aliphatic rings. The Balaban J connectivity index is -0.000000735. The molecule has 0 aliphatic carbocycles. The van der Waals surface area contributed by atoms with Crippen LogP contribution in [0.4, 0.5) is 0 Å². The second-order valence-corrected chi connectivity index (χ2v) is 7.11. The van der Waals surface area contributed by atoms with Crippen LogP contribution in [0.3, 0.4) is 0 Å². The number of ketones is 1. The van der Waals surface area contributed by atoms with E-state index in [1.54, 1.807) is 6.92 Å². The van der Waals surface area contributed by atoms with Crippen molar-refractivity contribution in [2.45, 2.75) is 129 Å². The molecule has 0 aliphatic heterocycles. The summed E-state index contributed by atoms with van der Waals surface area (Å²) in [6, 6.07) is 0. The van der Waals surface area contributed by atoms with E-state index >= 15 is 0 Å². The van der Waals surface area contributed by atoms with Gasteiger partial charge in [0.25, 0.3) is 0 Å². The number of carbonyl (C=O) groups is 1. The summed E-state index contributed by atoms with van der Waals surface area (Å²) in [6.45, 7) is 3.99. The fraction of sp³-hybridized carbons (Fsp3) is 0.952. The van der Waals surface area contributed by atoms with Crippen LogP contribution in [0, 0.1) is 0 Å². The van der Waals surface area contributed by atoms with Crippen molar-refractivity contribution < 1.29 is 7.65 Å². The largest absolute Gasteiger partial charge is 2.00 e. The zero-order valence-electron chi connectivity index (χ0n) is 18.3. The molecule has 0 aromatic rings. The number of hydrogen-bond donors (Lipinski definition) is 0. The monoisotopic (exact) mass is 352 g/mol. The molecule has 0 aromatic heterocycles. The second kappa shape index (κ2) is 22.9. The van der Waals surface area contributed by atoms with Crippen molar-refractivity contribution in [2.24, 2.45) is 0 Å². The van der Waals surface area contributed by atoms with Crippen LogP contribution in [0.2, 0.25) is 0 Å². The van der Waals surface area contributed by atoms with Gasteiger partial charge in [-0.05, 0) is 13.3 Å². The van der Waals surface area contributed by atoms with Gasteiger partial charge in [0, 0.05) is 6.42 Å². The molecule has 0 fully saturated rings. The van der Waals surface area contributed by atoms with Gasteiger partial charge in [-0.3, -0.25) is 0 Å². The normalized spacial score (nSPS) is 10.5. The van der Waals surface area contributed by atoms with E-state index < -0.39 is 0 Å². The van der Waals surface area contributed by atoms with E-state index in [-0.39, 0.29) is 40.6 Å². The predicted octanol–water partition coefficient (Wildman–Crippen LogP) is 7.46. The number of unbranched alkanes of at least 4 members (excludes halogenated alkanes) is 16. The molecule has 0 saturated heterocycles. The summed E-state index contributed by atoms with van der Waals surface area (Å²) in [5.41, 5.74) is 0. The zero-order chi connectivity index (χ0) is 16.3. The summed E-state index contributed by atoms with van der Waals surface area (Å²) in [4.78, 5) is 10.8. The number of carbonyl (C=O) groups excluding carboxylic acids is 1. The van der Waals surface area contributed by atoms with Gasteiger partial charge in [-0.2, -0.15) is 0 Å². The molecule has 136 valence electrons. The first kappa shape index (κ1) is 26.2. The molecular formula is C21H44CaO. The van der Waals surface area contributed by atoms with Crippen LogP contribution >= 0.6 is 0 Å². The molecule has 0 rings (SSSR count). The van der Waals surface area contributed by atoms with Crippen molar-refractivity contribution in [2.75, 3.05) is 0 Å². The van der Waals surface area contributed by atoms with Crippen LogP contribution in [0.25, 0.3) is 0 Å². The minimum Gasteiger partial charge on any atom is -1.00 e. The molecule has 2 heteroatoms. The molecule has 0 aromatic carbocycles. The molecule has 0 spiro atoms. The Morgan fingerprint density at radius 2 is 0.826 bits per heavy atom. The Kier molecular flexibility index (Phi) is 26.1. The standard InChI is InChI=1S/C21H42O.Ca.2H/c1-3-4-5-6-7-8-9-10-11-12-13-14-15-16-17-18-19-20-21(2)22;;;/h3-20H2,1-2H3;;;/q;+2;2*-1. The van der Waals surface area contributed by atoms with E-state index in [1.807, 2.05) is 0 Å². The number of hydrogen-bond acceptors (Lipinski definition) is 1. The maximum Gasteiger partial charge on any atom is 2.00 e. The molecule has 0 atom stereocenters. The van der Waals surface area contributed by atoms with Gasteiger partial charge in [-0.25, -0.2) is 0 Å². The van der Waals surface area contributed by atoms with Crippen LogP contribution in [0.5, 0.6) is 0 Å². The fourth-order valence-corrected chi connectivity index (χ4v) is 3.10. The Bertz CT molecular complexity index is 238. The van der Waals surface area contributed by atoms with Gasteiger partial charge in [0.15, 0.2) is 0 Å². The second-order valence-electron chi connectivity index (χ2n) is 7.11. The van der Waals surface area contributed by atoms with Crippen LogP contribution in [-0.4, -0.2) is 43.5 Å². The first-order valence-corrected chi connectivity index (χ1v) is 10.3. The van der Waals surface area contributed by atoms with E-state index in [0.717, 1.165) is 12.8 Å². The van der Waals surface area contributed by atoms with E-state index in [1.165, 1.54) is 103 Å². The maximum absolute atomic E-state index is 10.8. The Morgan fingerprint density at radius 3 is 1.09 bits per heavy atom. The molecule has 0 radical (unpaired) electrons. The molecule has 0 N–H and O–H groups in total. The van der Waals surface area contributed by atoms with Crippen molar-refractivity contribution in [1.82, 2.24) is 0 Å². The molecule has 0 unspecified atom stereocenters. The van der Waals surface area contributed by atoms with Gasteiger partial charge in [-0.15, -0.1) is 0 Å². The third-order valence-electron chi connectivity index (χ3n) is 4.63. The minimum atomic E-state index is 0. The summed E-state index contributed by atoms with van der Waals surface area (Å²) in [6.07, 6.45) is 24.5. The molecule has 1 nitrogen and oxygen atoms in total. The van der Waals surface area contributed by atoms with Crippen molar-refractivity contribution in [3.63, 3.8) is 0 Å². The summed E-state index contributed by atoms with van der Waals surface area (Å²) in [5, 5.41) is 0. The summed E-state index contributed by atoms with van der Waals surface area (Å²) in [7, 11) is 0. The SMILES string of the molecule is CCCCCCCCCCCCCCCCCCCC(C)=O.[Ca+2].[H-].[H-]. The molecule has 0 amide bonds. The molecular weight excluding hydrogens is 308 g/mol. The first-order valence-electron chi connectivity index (χ1n) is 10.3. The minimum absolute atomic E-state index is 0. The van der Waals surface area contributed by atoms with E-state index in [0.29, 0.717) is 5.78 Å². The topological polar surface area (TPSA) is 17.1 Å². The van der Waals surface area contributed by atoms with Gasteiger partial charge >= 0.3 is 37.7 Å². The Labute approximate surface area is 179 Å². The van der Waals surface area contributed by atoms with Gasteiger partial charge in [-0.1, -0.05) is 110 Å². The van der Waals surface area contributed by atoms with Crippen LogP contribution in [0.15, 0.2) is 0 Å². The van der Waals surface area contributed by atoms with Crippen LogP contribution in [-0.2, 0) is 4.79 Å². The summed E-state index contributed by atoms with van der Waals surface area (Å²) in [5.74, 6) is 0.348. The van der Waals surface area contributed by atoms with Gasteiger partial charge < -0.3 is 7.65 Å². The zero-order valence-corrected chi connectivity index (χ0v) is 18.6. The Morgan fingerprint density at radius 1 is 0.565 bits per heavy atom.